The Labute approximate surface area is 130 Å². The molecule has 6 nitrogen and oxygen atoms in total. The summed E-state index contributed by atoms with van der Waals surface area (Å²) < 4.78 is 29.6. The van der Waals surface area contributed by atoms with E-state index >= 15 is 0 Å². The van der Waals surface area contributed by atoms with Crippen molar-refractivity contribution in [3.63, 3.8) is 0 Å². The van der Waals surface area contributed by atoms with Gasteiger partial charge in [-0.25, -0.2) is 8.42 Å². The van der Waals surface area contributed by atoms with E-state index < -0.39 is 15.1 Å². The molecule has 0 bridgehead atoms. The maximum Gasteiger partial charge on any atom is 0.244 e. The number of nitrogens with zero attached hydrogens (tertiary/aromatic N) is 2. The van der Waals surface area contributed by atoms with E-state index in [0.29, 0.717) is 12.2 Å². The quantitative estimate of drug-likeness (QED) is 0.834. The van der Waals surface area contributed by atoms with E-state index in [-0.39, 0.29) is 24.2 Å². The lowest BCUT2D eigenvalue weighted by Crippen LogP contribution is -2.21. The highest BCUT2D eigenvalue weighted by molar-refractivity contribution is 7.91. The fraction of sp³-hybridized carbons (Fsp3) is 0.467. The number of rotatable bonds is 7. The average Bonchev–Trinajstić information content (AvgIpc) is 2.95. The first kappa shape index (κ1) is 16.6. The third-order valence-electron chi connectivity index (χ3n) is 3.40. The summed E-state index contributed by atoms with van der Waals surface area (Å²) in [7, 11) is -3.44. The zero-order valence-corrected chi connectivity index (χ0v) is 13.5. The molecule has 2 aromatic rings. The van der Waals surface area contributed by atoms with Gasteiger partial charge in [0.2, 0.25) is 5.89 Å². The summed E-state index contributed by atoms with van der Waals surface area (Å²) in [5.41, 5.74) is 1.03. The van der Waals surface area contributed by atoms with Gasteiger partial charge in [-0.05, 0) is 18.4 Å². The smallest absolute Gasteiger partial charge is 0.244 e. The van der Waals surface area contributed by atoms with Crippen molar-refractivity contribution in [2.45, 2.75) is 25.5 Å². The normalized spacial score (nSPS) is 14.7. The Morgan fingerprint density at radius 3 is 2.55 bits per heavy atom. The minimum absolute atomic E-state index is 0.0936. The predicted octanol–water partition coefficient (Wildman–Crippen LogP) is 1.76. The van der Waals surface area contributed by atoms with Crippen molar-refractivity contribution in [2.75, 3.05) is 12.4 Å². The van der Waals surface area contributed by atoms with Gasteiger partial charge in [0.15, 0.2) is 15.7 Å². The zero-order chi connectivity index (χ0) is 16.2. The molecule has 0 saturated heterocycles. The molecule has 120 valence electrons. The van der Waals surface area contributed by atoms with Crippen LogP contribution in [0.2, 0.25) is 0 Å². The van der Waals surface area contributed by atoms with Crippen molar-refractivity contribution in [1.82, 2.24) is 10.1 Å². The lowest BCUT2D eigenvalue weighted by Gasteiger charge is -2.12. The number of benzene rings is 1. The van der Waals surface area contributed by atoms with Crippen LogP contribution in [0.1, 0.15) is 36.4 Å². The third-order valence-corrected chi connectivity index (χ3v) is 5.72. The first-order chi connectivity index (χ1) is 10.4. The van der Waals surface area contributed by atoms with Crippen LogP contribution in [0.15, 0.2) is 34.9 Å². The standard InChI is InChI=1S/C15H20N2O4S/c1-11(9-18)10-22(19,20)12(2)15-16-14(17-21-15)8-13-6-4-3-5-7-13/h3-7,11-12,18H,8-10H2,1-2H3. The van der Waals surface area contributed by atoms with Crippen LogP contribution >= 0.6 is 0 Å². The Morgan fingerprint density at radius 1 is 1.23 bits per heavy atom. The molecular weight excluding hydrogens is 304 g/mol. The summed E-state index contributed by atoms with van der Waals surface area (Å²) in [6, 6.07) is 9.64. The first-order valence-corrected chi connectivity index (χ1v) is 8.82. The molecule has 0 aliphatic heterocycles. The highest BCUT2D eigenvalue weighted by Gasteiger charge is 2.29. The van der Waals surface area contributed by atoms with Crippen molar-refractivity contribution in [3.8, 4) is 0 Å². The lowest BCUT2D eigenvalue weighted by atomic mass is 10.1. The zero-order valence-electron chi connectivity index (χ0n) is 12.6. The van der Waals surface area contributed by atoms with Gasteiger partial charge in [-0.1, -0.05) is 42.4 Å². The van der Waals surface area contributed by atoms with E-state index in [0.717, 1.165) is 5.56 Å². The Hall–Kier alpha value is -1.73. The second-order valence-corrected chi connectivity index (χ2v) is 7.84. The number of aromatic nitrogens is 2. The summed E-state index contributed by atoms with van der Waals surface area (Å²) in [6.45, 7) is 3.03. The second-order valence-electron chi connectivity index (χ2n) is 5.47. The van der Waals surface area contributed by atoms with Crippen LogP contribution in [-0.2, 0) is 16.3 Å². The number of sulfone groups is 1. The molecule has 1 heterocycles. The Balaban J connectivity index is 2.10. The SMILES string of the molecule is CC(CO)CS(=O)(=O)C(C)c1nc(Cc2ccccc2)no1. The van der Waals surface area contributed by atoms with Gasteiger partial charge < -0.3 is 9.63 Å². The van der Waals surface area contributed by atoms with Crippen LogP contribution < -0.4 is 0 Å². The molecule has 22 heavy (non-hydrogen) atoms. The molecule has 1 N–H and O–H groups in total. The number of aliphatic hydroxyl groups is 1. The molecule has 2 unspecified atom stereocenters. The van der Waals surface area contributed by atoms with Gasteiger partial charge in [-0.3, -0.25) is 0 Å². The molecule has 0 fully saturated rings. The average molecular weight is 324 g/mol. The first-order valence-electron chi connectivity index (χ1n) is 7.11. The van der Waals surface area contributed by atoms with Gasteiger partial charge in [-0.2, -0.15) is 4.98 Å². The molecular formula is C15H20N2O4S. The van der Waals surface area contributed by atoms with Gasteiger partial charge in [0.1, 0.15) is 5.25 Å². The molecule has 0 spiro atoms. The largest absolute Gasteiger partial charge is 0.396 e. The van der Waals surface area contributed by atoms with Crippen LogP contribution in [0.5, 0.6) is 0 Å². The summed E-state index contributed by atoms with van der Waals surface area (Å²) in [6.07, 6.45) is 0.490. The number of aliphatic hydroxyl groups excluding tert-OH is 1. The summed E-state index contributed by atoms with van der Waals surface area (Å²) in [4.78, 5) is 4.19. The predicted molar refractivity (Wildman–Crippen MR) is 82.0 cm³/mol. The summed E-state index contributed by atoms with van der Waals surface area (Å²) >= 11 is 0. The molecule has 1 aromatic heterocycles. The topological polar surface area (TPSA) is 93.3 Å². The monoisotopic (exact) mass is 324 g/mol. The van der Waals surface area contributed by atoms with Gasteiger partial charge >= 0.3 is 0 Å². The van der Waals surface area contributed by atoms with Crippen molar-refractivity contribution in [3.05, 3.63) is 47.6 Å². The molecule has 0 radical (unpaired) electrons. The van der Waals surface area contributed by atoms with Crippen molar-refractivity contribution < 1.29 is 18.0 Å². The Kier molecular flexibility index (Phi) is 5.31. The third kappa shape index (κ3) is 4.14. The lowest BCUT2D eigenvalue weighted by molar-refractivity contribution is 0.248. The Morgan fingerprint density at radius 2 is 1.91 bits per heavy atom. The molecule has 0 aliphatic rings. The molecule has 0 amide bonds. The number of hydrogen-bond acceptors (Lipinski definition) is 6. The van der Waals surface area contributed by atoms with Gasteiger partial charge in [0.05, 0.1) is 5.75 Å². The van der Waals surface area contributed by atoms with E-state index in [9.17, 15) is 8.42 Å². The van der Waals surface area contributed by atoms with Crippen LogP contribution in [0.4, 0.5) is 0 Å². The summed E-state index contributed by atoms with van der Waals surface area (Å²) in [5.74, 6) is 0.120. The van der Waals surface area contributed by atoms with Gasteiger partial charge in [0, 0.05) is 13.0 Å². The van der Waals surface area contributed by atoms with E-state index in [1.54, 1.807) is 6.92 Å². The van der Waals surface area contributed by atoms with E-state index in [2.05, 4.69) is 10.1 Å². The minimum atomic E-state index is -3.44. The van der Waals surface area contributed by atoms with Crippen LogP contribution in [0.25, 0.3) is 0 Å². The second kappa shape index (κ2) is 7.02. The van der Waals surface area contributed by atoms with Gasteiger partial charge in [-0.15, -0.1) is 0 Å². The van der Waals surface area contributed by atoms with E-state index in [4.69, 9.17) is 9.63 Å². The summed E-state index contributed by atoms with van der Waals surface area (Å²) in [5, 5.41) is 12.0. The van der Waals surface area contributed by atoms with E-state index in [1.807, 2.05) is 30.3 Å². The highest BCUT2D eigenvalue weighted by atomic mass is 32.2. The molecule has 2 atom stereocenters. The Bertz CT molecular complexity index is 697. The highest BCUT2D eigenvalue weighted by Crippen LogP contribution is 2.23. The van der Waals surface area contributed by atoms with E-state index in [1.165, 1.54) is 6.92 Å². The number of hydrogen-bond donors (Lipinski definition) is 1. The molecule has 0 aliphatic carbocycles. The fourth-order valence-corrected chi connectivity index (χ4v) is 3.62. The molecule has 7 heteroatoms. The maximum absolute atomic E-state index is 12.2. The molecule has 0 saturated carbocycles. The fourth-order valence-electron chi connectivity index (χ4n) is 2.03. The maximum atomic E-state index is 12.2. The van der Waals surface area contributed by atoms with Crippen molar-refractivity contribution in [1.29, 1.82) is 0 Å². The molecule has 2 rings (SSSR count). The minimum Gasteiger partial charge on any atom is -0.396 e. The van der Waals surface area contributed by atoms with Crippen LogP contribution in [-0.4, -0.2) is 36.0 Å². The van der Waals surface area contributed by atoms with Crippen LogP contribution in [0, 0.1) is 5.92 Å². The van der Waals surface area contributed by atoms with Crippen molar-refractivity contribution in [2.24, 2.45) is 5.92 Å². The van der Waals surface area contributed by atoms with Crippen LogP contribution in [0.3, 0.4) is 0 Å². The van der Waals surface area contributed by atoms with Gasteiger partial charge in [0.25, 0.3) is 0 Å². The molecule has 1 aromatic carbocycles. The van der Waals surface area contributed by atoms with Crippen molar-refractivity contribution >= 4 is 9.84 Å².